The number of rotatable bonds is 2. The Balaban J connectivity index is 1.93. The Morgan fingerprint density at radius 3 is 2.75 bits per heavy atom. The minimum Gasteiger partial charge on any atom is -0.508 e. The van der Waals surface area contributed by atoms with E-state index in [0.29, 0.717) is 11.1 Å². The number of ether oxygens (including phenoxy) is 2. The van der Waals surface area contributed by atoms with Crippen LogP contribution in [0.3, 0.4) is 0 Å². The van der Waals surface area contributed by atoms with Crippen LogP contribution in [-0.2, 0) is 19.7 Å². The molecule has 166 valence electrons. The molecule has 5 rings (SSSR count). The van der Waals surface area contributed by atoms with E-state index in [2.05, 4.69) is 6.92 Å². The highest BCUT2D eigenvalue weighted by Gasteiger charge is 2.64. The highest BCUT2D eigenvalue weighted by atomic mass is 16.5. The third-order valence-electron chi connectivity index (χ3n) is 6.85. The number of nitrogens with two attached hydrogens (primary N) is 1. The first-order valence-corrected chi connectivity index (χ1v) is 10.8. The molecule has 0 bridgehead atoms. The maximum absolute atomic E-state index is 14.5. The second-order valence-electron chi connectivity index (χ2n) is 9.29. The first-order valence-electron chi connectivity index (χ1n) is 10.8. The van der Waals surface area contributed by atoms with Crippen molar-refractivity contribution < 1.29 is 24.2 Å². The number of fused-ring (bicyclic) bond motifs is 3. The van der Waals surface area contributed by atoms with Gasteiger partial charge in [-0.05, 0) is 50.8 Å². The van der Waals surface area contributed by atoms with Crippen molar-refractivity contribution in [1.82, 2.24) is 0 Å². The summed E-state index contributed by atoms with van der Waals surface area (Å²) in [5.74, 6) is -0.713. The quantitative estimate of drug-likeness (QED) is 0.702. The minimum atomic E-state index is -1.52. The van der Waals surface area contributed by atoms with E-state index < -0.39 is 16.9 Å². The zero-order valence-corrected chi connectivity index (χ0v) is 18.6. The summed E-state index contributed by atoms with van der Waals surface area (Å²) in [5.41, 5.74) is 7.28. The Hall–Kier alpha value is -3.48. The van der Waals surface area contributed by atoms with Gasteiger partial charge in [0.05, 0.1) is 12.3 Å². The molecule has 2 atom stereocenters. The van der Waals surface area contributed by atoms with E-state index in [1.165, 1.54) is 12.1 Å². The zero-order valence-electron chi connectivity index (χ0n) is 18.6. The van der Waals surface area contributed by atoms with E-state index >= 15 is 0 Å². The number of nitrogens with zero attached hydrogens (tertiary/aromatic N) is 1. The SMILES string of the molecule is CCOC(=O)C1=C(N)Oc2cc(O)ccc2[C@@]12C(=O)N1c3c(cccc32)[C@H](C)CC1(C)C. The number of anilines is 1. The smallest absolute Gasteiger partial charge is 0.341 e. The lowest BCUT2D eigenvalue weighted by molar-refractivity contribution is -0.141. The molecule has 0 saturated heterocycles. The van der Waals surface area contributed by atoms with Crippen LogP contribution < -0.4 is 15.4 Å². The number of carbonyl (C=O) groups is 2. The van der Waals surface area contributed by atoms with Gasteiger partial charge in [0.2, 0.25) is 11.8 Å². The number of amides is 1. The predicted octanol–water partition coefficient (Wildman–Crippen LogP) is 3.44. The van der Waals surface area contributed by atoms with Gasteiger partial charge in [0.15, 0.2) is 0 Å². The van der Waals surface area contributed by atoms with Crippen molar-refractivity contribution in [3.8, 4) is 11.5 Å². The van der Waals surface area contributed by atoms with E-state index in [-0.39, 0.29) is 41.4 Å². The molecule has 7 heteroatoms. The molecule has 3 heterocycles. The molecule has 2 aromatic carbocycles. The molecule has 1 spiro atoms. The molecule has 0 unspecified atom stereocenters. The Bertz CT molecular complexity index is 1210. The van der Waals surface area contributed by atoms with Gasteiger partial charge in [0.25, 0.3) is 0 Å². The molecule has 2 aromatic rings. The summed E-state index contributed by atoms with van der Waals surface area (Å²) in [4.78, 5) is 29.6. The van der Waals surface area contributed by atoms with E-state index in [1.807, 2.05) is 36.9 Å². The summed E-state index contributed by atoms with van der Waals surface area (Å²) in [6, 6.07) is 10.4. The number of hydrogen-bond acceptors (Lipinski definition) is 6. The van der Waals surface area contributed by atoms with Gasteiger partial charge in [0.1, 0.15) is 22.5 Å². The molecule has 0 saturated carbocycles. The molecule has 3 N–H and O–H groups in total. The van der Waals surface area contributed by atoms with Crippen LogP contribution in [-0.4, -0.2) is 29.1 Å². The van der Waals surface area contributed by atoms with Crippen molar-refractivity contribution in [2.24, 2.45) is 5.73 Å². The van der Waals surface area contributed by atoms with Gasteiger partial charge in [-0.3, -0.25) is 4.79 Å². The highest BCUT2D eigenvalue weighted by Crippen LogP contribution is 2.61. The highest BCUT2D eigenvalue weighted by molar-refractivity contribution is 6.19. The summed E-state index contributed by atoms with van der Waals surface area (Å²) < 4.78 is 11.1. The second kappa shape index (κ2) is 6.51. The van der Waals surface area contributed by atoms with Crippen molar-refractivity contribution in [3.05, 3.63) is 64.5 Å². The van der Waals surface area contributed by atoms with Crippen LogP contribution in [0.4, 0.5) is 5.69 Å². The molecular weight excluding hydrogens is 408 g/mol. The summed E-state index contributed by atoms with van der Waals surface area (Å²) >= 11 is 0. The van der Waals surface area contributed by atoms with Gasteiger partial charge in [0, 0.05) is 22.7 Å². The topological polar surface area (TPSA) is 102 Å². The molecular formula is C25H26N2O5. The fourth-order valence-corrected chi connectivity index (χ4v) is 5.78. The largest absolute Gasteiger partial charge is 0.508 e. The maximum atomic E-state index is 14.5. The van der Waals surface area contributed by atoms with Crippen molar-refractivity contribution in [3.63, 3.8) is 0 Å². The lowest BCUT2D eigenvalue weighted by Gasteiger charge is -2.44. The van der Waals surface area contributed by atoms with Crippen LogP contribution in [0.1, 0.15) is 56.7 Å². The summed E-state index contributed by atoms with van der Waals surface area (Å²) in [6.07, 6.45) is 0.776. The Morgan fingerprint density at radius 2 is 2.03 bits per heavy atom. The van der Waals surface area contributed by atoms with E-state index in [0.717, 1.165) is 17.7 Å². The molecule has 0 aliphatic carbocycles. The predicted molar refractivity (Wildman–Crippen MR) is 118 cm³/mol. The van der Waals surface area contributed by atoms with Crippen LogP contribution in [0.5, 0.6) is 11.5 Å². The van der Waals surface area contributed by atoms with Gasteiger partial charge in [-0.2, -0.15) is 0 Å². The minimum absolute atomic E-state index is 0.0196. The number of hydrogen-bond donors (Lipinski definition) is 2. The Kier molecular flexibility index (Phi) is 4.16. The molecule has 32 heavy (non-hydrogen) atoms. The molecule has 1 amide bonds. The van der Waals surface area contributed by atoms with Gasteiger partial charge in [-0.1, -0.05) is 25.1 Å². The third-order valence-corrected chi connectivity index (χ3v) is 6.85. The number of phenolic OH excluding ortho intramolecular Hbond substituents is 1. The number of esters is 1. The van der Waals surface area contributed by atoms with Crippen molar-refractivity contribution in [2.45, 2.75) is 51.0 Å². The summed E-state index contributed by atoms with van der Waals surface area (Å²) in [7, 11) is 0. The number of aromatic hydroxyl groups is 1. The van der Waals surface area contributed by atoms with Gasteiger partial charge < -0.3 is 25.2 Å². The lowest BCUT2D eigenvalue weighted by atomic mass is 9.68. The van der Waals surface area contributed by atoms with E-state index in [4.69, 9.17) is 15.2 Å². The Labute approximate surface area is 186 Å². The monoisotopic (exact) mass is 434 g/mol. The number of para-hydroxylation sites is 1. The van der Waals surface area contributed by atoms with Crippen LogP contribution >= 0.6 is 0 Å². The standard InChI is InChI=1S/C25H26N2O5/c1-5-31-22(29)19-21(26)32-18-11-14(28)9-10-16(18)25(19)17-8-6-7-15-13(2)12-24(3,4)27(20(15)17)23(25)30/h6-11,13,28H,5,12,26H2,1-4H3/t13-,25+/m1/s1. The van der Waals surface area contributed by atoms with Crippen LogP contribution in [0.15, 0.2) is 47.9 Å². The molecule has 3 aliphatic heterocycles. The lowest BCUT2D eigenvalue weighted by Crippen LogP contribution is -2.55. The van der Waals surface area contributed by atoms with Crippen LogP contribution in [0.2, 0.25) is 0 Å². The fraction of sp³-hybridized carbons (Fsp3) is 0.360. The molecule has 0 radical (unpaired) electrons. The second-order valence-corrected chi connectivity index (χ2v) is 9.29. The van der Waals surface area contributed by atoms with Gasteiger partial charge >= 0.3 is 5.97 Å². The number of carbonyl (C=O) groups excluding carboxylic acids is 2. The fourth-order valence-electron chi connectivity index (χ4n) is 5.78. The number of benzene rings is 2. The average molecular weight is 434 g/mol. The normalized spacial score (nSPS) is 24.8. The first kappa shape index (κ1) is 20.4. The average Bonchev–Trinajstić information content (AvgIpc) is 2.96. The first-order chi connectivity index (χ1) is 15.1. The van der Waals surface area contributed by atoms with Gasteiger partial charge in [-0.25, -0.2) is 4.79 Å². The van der Waals surface area contributed by atoms with Crippen molar-refractivity contribution in [1.29, 1.82) is 0 Å². The molecule has 0 fully saturated rings. The van der Waals surface area contributed by atoms with Crippen molar-refractivity contribution in [2.75, 3.05) is 11.5 Å². The zero-order chi connectivity index (χ0) is 23.0. The third kappa shape index (κ3) is 2.36. The van der Waals surface area contributed by atoms with E-state index in [9.17, 15) is 14.7 Å². The number of phenols is 1. The Morgan fingerprint density at radius 1 is 1.28 bits per heavy atom. The van der Waals surface area contributed by atoms with Crippen LogP contribution in [0, 0.1) is 0 Å². The van der Waals surface area contributed by atoms with Crippen LogP contribution in [0.25, 0.3) is 0 Å². The molecule has 3 aliphatic rings. The van der Waals surface area contributed by atoms with E-state index in [1.54, 1.807) is 13.0 Å². The molecule has 7 nitrogen and oxygen atoms in total. The summed E-state index contributed by atoms with van der Waals surface area (Å²) in [5, 5.41) is 10.1. The summed E-state index contributed by atoms with van der Waals surface area (Å²) in [6.45, 7) is 8.05. The maximum Gasteiger partial charge on any atom is 0.341 e. The molecule has 0 aromatic heterocycles. The van der Waals surface area contributed by atoms with Crippen molar-refractivity contribution >= 4 is 17.6 Å². The van der Waals surface area contributed by atoms with Gasteiger partial charge in [-0.15, -0.1) is 0 Å².